The van der Waals surface area contributed by atoms with E-state index in [1.165, 1.54) is 5.56 Å². The number of benzene rings is 2. The molecule has 170 valence electrons. The molecule has 0 spiro atoms. The zero-order valence-corrected chi connectivity index (χ0v) is 19.4. The number of aliphatic hydroxyl groups is 1. The predicted molar refractivity (Wildman–Crippen MR) is 127 cm³/mol. The highest BCUT2D eigenvalue weighted by Crippen LogP contribution is 2.39. The number of likely N-dealkylation sites (tertiary alicyclic amines) is 1. The van der Waals surface area contributed by atoms with Gasteiger partial charge in [-0.1, -0.05) is 58.4 Å². The van der Waals surface area contributed by atoms with Crippen molar-refractivity contribution in [3.8, 4) is 5.75 Å². The maximum Gasteiger partial charge on any atom is 0.295 e. The van der Waals surface area contributed by atoms with E-state index in [1.54, 1.807) is 29.2 Å². The molecule has 1 atom stereocenters. The molecule has 5 heteroatoms. The summed E-state index contributed by atoms with van der Waals surface area (Å²) in [5.74, 6) is -0.237. The third kappa shape index (κ3) is 5.04. The lowest BCUT2D eigenvalue weighted by Crippen LogP contribution is -2.30. The van der Waals surface area contributed by atoms with Crippen LogP contribution in [0, 0.1) is 5.92 Å². The van der Waals surface area contributed by atoms with Crippen LogP contribution in [0.1, 0.15) is 63.3 Å². The molecule has 0 bridgehead atoms. The van der Waals surface area contributed by atoms with E-state index in [0.717, 1.165) is 24.8 Å². The first-order valence-corrected chi connectivity index (χ1v) is 11.5. The minimum absolute atomic E-state index is 0.145. The van der Waals surface area contributed by atoms with Crippen molar-refractivity contribution in [3.05, 3.63) is 70.8 Å². The Balaban J connectivity index is 2.02. The molecule has 5 nitrogen and oxygen atoms in total. The largest absolute Gasteiger partial charge is 0.507 e. The SMILES string of the molecule is CCCCN1C(=O)C(=O)/C(=C(\O)c2ccc(OCC(C)C)cc2)C1c1ccc(CC)cc1. The van der Waals surface area contributed by atoms with Gasteiger partial charge in [-0.3, -0.25) is 9.59 Å². The van der Waals surface area contributed by atoms with Crippen LogP contribution in [0.25, 0.3) is 5.76 Å². The maximum absolute atomic E-state index is 13.0. The Labute approximate surface area is 190 Å². The van der Waals surface area contributed by atoms with E-state index >= 15 is 0 Å². The molecule has 1 unspecified atom stereocenters. The van der Waals surface area contributed by atoms with Crippen LogP contribution in [0.2, 0.25) is 0 Å². The van der Waals surface area contributed by atoms with Gasteiger partial charge in [-0.15, -0.1) is 0 Å². The Morgan fingerprint density at radius 1 is 1.03 bits per heavy atom. The highest BCUT2D eigenvalue weighted by molar-refractivity contribution is 6.46. The van der Waals surface area contributed by atoms with Crippen molar-refractivity contribution in [1.82, 2.24) is 4.90 Å². The second-order valence-electron chi connectivity index (χ2n) is 8.67. The Kier molecular flexibility index (Phi) is 7.73. The van der Waals surface area contributed by atoms with Crippen LogP contribution in [0.3, 0.4) is 0 Å². The molecule has 1 N–H and O–H groups in total. The van der Waals surface area contributed by atoms with Crippen LogP contribution in [0.15, 0.2) is 54.1 Å². The molecule has 32 heavy (non-hydrogen) atoms. The molecule has 1 amide bonds. The monoisotopic (exact) mass is 435 g/mol. The normalized spacial score (nSPS) is 17.9. The summed E-state index contributed by atoms with van der Waals surface area (Å²) in [6.45, 7) is 9.35. The molecule has 3 rings (SSSR count). The number of hydrogen-bond acceptors (Lipinski definition) is 4. The van der Waals surface area contributed by atoms with Gasteiger partial charge in [0.1, 0.15) is 11.5 Å². The quantitative estimate of drug-likeness (QED) is 0.321. The van der Waals surface area contributed by atoms with Crippen molar-refractivity contribution < 1.29 is 19.4 Å². The van der Waals surface area contributed by atoms with Gasteiger partial charge in [-0.05, 0) is 54.2 Å². The molecule has 1 aliphatic rings. The Morgan fingerprint density at radius 3 is 2.25 bits per heavy atom. The highest BCUT2D eigenvalue weighted by atomic mass is 16.5. The van der Waals surface area contributed by atoms with Crippen molar-refractivity contribution in [3.63, 3.8) is 0 Å². The summed E-state index contributed by atoms with van der Waals surface area (Å²) in [5, 5.41) is 11.1. The summed E-state index contributed by atoms with van der Waals surface area (Å²) >= 11 is 0. The van der Waals surface area contributed by atoms with E-state index in [4.69, 9.17) is 4.74 Å². The highest BCUT2D eigenvalue weighted by Gasteiger charge is 2.45. The van der Waals surface area contributed by atoms with Crippen LogP contribution in [-0.4, -0.2) is 34.8 Å². The molecule has 0 saturated carbocycles. The lowest BCUT2D eigenvalue weighted by atomic mass is 9.94. The van der Waals surface area contributed by atoms with E-state index in [1.807, 2.05) is 31.2 Å². The maximum atomic E-state index is 13.0. The van der Waals surface area contributed by atoms with E-state index < -0.39 is 17.7 Å². The molecule has 0 radical (unpaired) electrons. The number of carbonyl (C=O) groups excluding carboxylic acids is 2. The molecular weight excluding hydrogens is 402 g/mol. The van der Waals surface area contributed by atoms with Crippen molar-refractivity contribution >= 4 is 17.4 Å². The molecule has 1 aliphatic heterocycles. The number of Topliss-reactive ketones (excluding diaryl/α,β-unsaturated/α-hetero) is 1. The molecule has 0 aromatic heterocycles. The van der Waals surface area contributed by atoms with Gasteiger partial charge in [0.15, 0.2) is 0 Å². The van der Waals surface area contributed by atoms with Crippen LogP contribution in [0.5, 0.6) is 5.75 Å². The van der Waals surface area contributed by atoms with Crippen LogP contribution in [-0.2, 0) is 16.0 Å². The van der Waals surface area contributed by atoms with E-state index in [9.17, 15) is 14.7 Å². The Bertz CT molecular complexity index is 974. The fourth-order valence-corrected chi connectivity index (χ4v) is 3.85. The summed E-state index contributed by atoms with van der Waals surface area (Å²) in [4.78, 5) is 27.5. The van der Waals surface area contributed by atoms with Crippen molar-refractivity contribution in [2.24, 2.45) is 5.92 Å². The minimum atomic E-state index is -0.636. The number of ether oxygens (including phenoxy) is 1. The number of aliphatic hydroxyl groups excluding tert-OH is 1. The Morgan fingerprint density at radius 2 is 1.69 bits per heavy atom. The average Bonchev–Trinajstić information content (AvgIpc) is 3.06. The first kappa shape index (κ1) is 23.6. The van der Waals surface area contributed by atoms with Gasteiger partial charge in [-0.25, -0.2) is 0 Å². The number of hydrogen-bond donors (Lipinski definition) is 1. The van der Waals surface area contributed by atoms with Crippen molar-refractivity contribution in [1.29, 1.82) is 0 Å². The zero-order valence-electron chi connectivity index (χ0n) is 19.4. The summed E-state index contributed by atoms with van der Waals surface area (Å²) < 4.78 is 5.71. The lowest BCUT2D eigenvalue weighted by Gasteiger charge is -2.25. The first-order valence-electron chi connectivity index (χ1n) is 11.5. The van der Waals surface area contributed by atoms with Crippen LogP contribution in [0.4, 0.5) is 0 Å². The number of unbranched alkanes of at least 4 members (excludes halogenated alkanes) is 1. The number of ketones is 1. The fraction of sp³-hybridized carbons (Fsp3) is 0.407. The first-order chi connectivity index (χ1) is 15.4. The van der Waals surface area contributed by atoms with Gasteiger partial charge in [-0.2, -0.15) is 0 Å². The summed E-state index contributed by atoms with van der Waals surface area (Å²) in [6, 6.07) is 14.3. The summed E-state index contributed by atoms with van der Waals surface area (Å²) in [5.41, 5.74) is 2.64. The topological polar surface area (TPSA) is 66.8 Å². The third-order valence-corrected chi connectivity index (χ3v) is 5.71. The molecule has 1 heterocycles. The van der Waals surface area contributed by atoms with Gasteiger partial charge in [0, 0.05) is 12.1 Å². The molecule has 2 aromatic carbocycles. The minimum Gasteiger partial charge on any atom is -0.507 e. The molecule has 0 aliphatic carbocycles. The van der Waals surface area contributed by atoms with Gasteiger partial charge < -0.3 is 14.7 Å². The average molecular weight is 436 g/mol. The number of nitrogens with zero attached hydrogens (tertiary/aromatic N) is 1. The molecular formula is C27H33NO4. The summed E-state index contributed by atoms with van der Waals surface area (Å²) in [7, 11) is 0. The third-order valence-electron chi connectivity index (χ3n) is 5.71. The number of amides is 1. The molecule has 1 fully saturated rings. The van der Waals surface area contributed by atoms with E-state index in [-0.39, 0.29) is 11.3 Å². The van der Waals surface area contributed by atoms with Gasteiger partial charge in [0.25, 0.3) is 11.7 Å². The van der Waals surface area contributed by atoms with E-state index in [0.29, 0.717) is 30.4 Å². The van der Waals surface area contributed by atoms with Crippen molar-refractivity contribution in [2.75, 3.05) is 13.2 Å². The second kappa shape index (κ2) is 10.5. The number of carbonyl (C=O) groups is 2. The fourth-order valence-electron chi connectivity index (χ4n) is 3.85. The Hall–Kier alpha value is -3.08. The van der Waals surface area contributed by atoms with Gasteiger partial charge in [0.05, 0.1) is 18.2 Å². The lowest BCUT2D eigenvalue weighted by molar-refractivity contribution is -0.139. The van der Waals surface area contributed by atoms with Crippen molar-refractivity contribution in [2.45, 2.75) is 53.0 Å². The number of aryl methyl sites for hydroxylation is 1. The zero-order chi connectivity index (χ0) is 23.3. The summed E-state index contributed by atoms with van der Waals surface area (Å²) in [6.07, 6.45) is 2.60. The standard InChI is InChI=1S/C27H33NO4/c1-5-7-16-28-24(20-10-8-19(6-2)9-11-20)23(26(30)27(28)31)25(29)21-12-14-22(15-13-21)32-17-18(3)4/h8-15,18,24,29H,5-7,16-17H2,1-4H3/b25-23-. The number of rotatable bonds is 9. The van der Waals surface area contributed by atoms with Crippen LogP contribution < -0.4 is 4.74 Å². The van der Waals surface area contributed by atoms with Crippen LogP contribution >= 0.6 is 0 Å². The van der Waals surface area contributed by atoms with Gasteiger partial charge >= 0.3 is 0 Å². The second-order valence-corrected chi connectivity index (χ2v) is 8.67. The van der Waals surface area contributed by atoms with Gasteiger partial charge in [0.2, 0.25) is 0 Å². The predicted octanol–water partition coefficient (Wildman–Crippen LogP) is 5.51. The molecule has 1 saturated heterocycles. The molecule has 2 aromatic rings. The van der Waals surface area contributed by atoms with E-state index in [2.05, 4.69) is 20.8 Å². The smallest absolute Gasteiger partial charge is 0.295 e.